The normalized spacial score (nSPS) is 15.0. The van der Waals surface area contributed by atoms with Gasteiger partial charge < -0.3 is 15.0 Å². The number of carbonyl (C=O) groups excluding carboxylic acids is 1. The molecule has 6 nitrogen and oxygen atoms in total. The summed E-state index contributed by atoms with van der Waals surface area (Å²) in [5.74, 6) is 0. The Kier molecular flexibility index (Phi) is 5.71. The van der Waals surface area contributed by atoms with Crippen LogP contribution in [0.4, 0.5) is 4.79 Å². The van der Waals surface area contributed by atoms with Crippen molar-refractivity contribution in [2.45, 2.75) is 44.8 Å². The van der Waals surface area contributed by atoms with Crippen LogP contribution in [0.5, 0.6) is 6.01 Å². The number of urea groups is 1. The summed E-state index contributed by atoms with van der Waals surface area (Å²) < 4.78 is 5.69. The van der Waals surface area contributed by atoms with Crippen LogP contribution in [-0.4, -0.2) is 47.1 Å². The minimum absolute atomic E-state index is 0.0713. The van der Waals surface area contributed by atoms with Crippen LogP contribution in [0, 0.1) is 0 Å². The Morgan fingerprint density at radius 1 is 1.19 bits per heavy atom. The third kappa shape index (κ3) is 4.71. The summed E-state index contributed by atoms with van der Waals surface area (Å²) in [7, 11) is 3.48. The second-order valence-electron chi connectivity index (χ2n) is 7.07. The largest absolute Gasteiger partial charge is 0.460 e. The fourth-order valence-electron chi connectivity index (χ4n) is 2.74. The average molecular weight is 354 g/mol. The van der Waals surface area contributed by atoms with Crippen LogP contribution < -0.4 is 10.1 Å². The molecule has 0 saturated heterocycles. The maximum atomic E-state index is 11.7. The number of hydrogen-bond donors (Lipinski definition) is 1. The van der Waals surface area contributed by atoms with E-state index in [2.05, 4.69) is 39.6 Å². The van der Waals surface area contributed by atoms with Crippen molar-refractivity contribution >= 4 is 6.03 Å². The van der Waals surface area contributed by atoms with E-state index in [1.165, 1.54) is 16.9 Å². The van der Waals surface area contributed by atoms with Crippen LogP contribution in [0.15, 0.2) is 36.7 Å². The minimum atomic E-state index is -0.0736. The van der Waals surface area contributed by atoms with Crippen molar-refractivity contribution in [3.8, 4) is 17.1 Å². The Labute approximate surface area is 154 Å². The fourth-order valence-corrected chi connectivity index (χ4v) is 2.74. The summed E-state index contributed by atoms with van der Waals surface area (Å²) >= 11 is 0. The van der Waals surface area contributed by atoms with Crippen molar-refractivity contribution in [1.29, 1.82) is 0 Å². The molecule has 2 amide bonds. The highest BCUT2D eigenvalue weighted by Crippen LogP contribution is 2.24. The molecule has 1 aliphatic rings. The molecule has 1 fully saturated rings. The van der Waals surface area contributed by atoms with E-state index in [1.54, 1.807) is 26.5 Å². The smallest absolute Gasteiger partial charge is 0.317 e. The van der Waals surface area contributed by atoms with Gasteiger partial charge in [0.15, 0.2) is 0 Å². The van der Waals surface area contributed by atoms with E-state index in [0.29, 0.717) is 6.01 Å². The van der Waals surface area contributed by atoms with Crippen molar-refractivity contribution < 1.29 is 9.53 Å². The van der Waals surface area contributed by atoms with E-state index in [0.717, 1.165) is 30.4 Å². The van der Waals surface area contributed by atoms with Gasteiger partial charge in [-0.25, -0.2) is 14.8 Å². The summed E-state index contributed by atoms with van der Waals surface area (Å²) in [5, 5.41) is 2.96. The SMILES string of the molecule is CC(Cc1ccc(-c2cnc(OC3CCC3)nc2)cc1)NC(=O)N(C)C. The molecule has 2 aromatic rings. The molecular formula is C20H26N4O2. The number of aromatic nitrogens is 2. The van der Waals surface area contributed by atoms with Crippen molar-refractivity contribution in [1.82, 2.24) is 20.2 Å². The molecule has 0 bridgehead atoms. The summed E-state index contributed by atoms with van der Waals surface area (Å²) in [6.07, 6.45) is 8.10. The Hall–Kier alpha value is -2.63. The highest BCUT2D eigenvalue weighted by atomic mass is 16.5. The molecule has 1 unspecified atom stereocenters. The molecule has 1 N–H and O–H groups in total. The van der Waals surface area contributed by atoms with E-state index in [4.69, 9.17) is 4.74 Å². The maximum absolute atomic E-state index is 11.7. The van der Waals surface area contributed by atoms with E-state index in [9.17, 15) is 4.79 Å². The molecule has 3 rings (SSSR count). The number of nitrogens with one attached hydrogen (secondary N) is 1. The molecular weight excluding hydrogens is 328 g/mol. The van der Waals surface area contributed by atoms with E-state index in [-0.39, 0.29) is 18.2 Å². The lowest BCUT2D eigenvalue weighted by atomic mass is 9.96. The summed E-state index contributed by atoms with van der Waals surface area (Å²) in [5.41, 5.74) is 3.20. The van der Waals surface area contributed by atoms with E-state index in [1.807, 2.05) is 6.92 Å². The van der Waals surface area contributed by atoms with Crippen LogP contribution in [0.2, 0.25) is 0 Å². The predicted octanol–water partition coefficient (Wildman–Crippen LogP) is 3.28. The maximum Gasteiger partial charge on any atom is 0.317 e. The lowest BCUT2D eigenvalue weighted by Crippen LogP contribution is -2.40. The molecule has 0 spiro atoms. The van der Waals surface area contributed by atoms with Gasteiger partial charge in [-0.15, -0.1) is 0 Å². The van der Waals surface area contributed by atoms with Crippen LogP contribution in [-0.2, 0) is 6.42 Å². The monoisotopic (exact) mass is 354 g/mol. The van der Waals surface area contributed by atoms with Gasteiger partial charge in [-0.05, 0) is 43.7 Å². The van der Waals surface area contributed by atoms with Gasteiger partial charge in [0.05, 0.1) is 0 Å². The first-order chi connectivity index (χ1) is 12.5. The van der Waals surface area contributed by atoms with Gasteiger partial charge in [0.25, 0.3) is 0 Å². The van der Waals surface area contributed by atoms with Gasteiger partial charge in [0.2, 0.25) is 0 Å². The summed E-state index contributed by atoms with van der Waals surface area (Å²) in [6.45, 7) is 2.00. The van der Waals surface area contributed by atoms with E-state index >= 15 is 0 Å². The molecule has 1 atom stereocenters. The molecule has 1 aromatic heterocycles. The zero-order valence-electron chi connectivity index (χ0n) is 15.6. The molecule has 1 aliphatic carbocycles. The van der Waals surface area contributed by atoms with Gasteiger partial charge in [0.1, 0.15) is 6.10 Å². The first kappa shape index (κ1) is 18.2. The van der Waals surface area contributed by atoms with E-state index < -0.39 is 0 Å². The molecule has 1 saturated carbocycles. The number of benzene rings is 1. The van der Waals surface area contributed by atoms with Crippen LogP contribution >= 0.6 is 0 Å². The zero-order chi connectivity index (χ0) is 18.5. The molecule has 26 heavy (non-hydrogen) atoms. The highest BCUT2D eigenvalue weighted by molar-refractivity contribution is 5.73. The van der Waals surface area contributed by atoms with Crippen molar-refractivity contribution in [3.05, 3.63) is 42.2 Å². The fraction of sp³-hybridized carbons (Fsp3) is 0.450. The molecule has 138 valence electrons. The number of ether oxygens (including phenoxy) is 1. The number of hydrogen-bond acceptors (Lipinski definition) is 4. The number of nitrogens with zero attached hydrogens (tertiary/aromatic N) is 3. The van der Waals surface area contributed by atoms with Gasteiger partial charge in [-0.3, -0.25) is 0 Å². The van der Waals surface area contributed by atoms with Crippen LogP contribution in [0.3, 0.4) is 0 Å². The Balaban J connectivity index is 1.57. The lowest BCUT2D eigenvalue weighted by molar-refractivity contribution is 0.108. The quantitative estimate of drug-likeness (QED) is 0.864. The Morgan fingerprint density at radius 3 is 2.38 bits per heavy atom. The number of amides is 2. The average Bonchev–Trinajstić information content (AvgIpc) is 2.59. The van der Waals surface area contributed by atoms with Crippen LogP contribution in [0.1, 0.15) is 31.7 Å². The summed E-state index contributed by atoms with van der Waals surface area (Å²) in [6, 6.07) is 8.72. The van der Waals surface area contributed by atoms with Gasteiger partial charge in [-0.1, -0.05) is 24.3 Å². The Morgan fingerprint density at radius 2 is 1.85 bits per heavy atom. The molecule has 0 radical (unpaired) electrons. The minimum Gasteiger partial charge on any atom is -0.460 e. The second kappa shape index (κ2) is 8.17. The first-order valence-corrected chi connectivity index (χ1v) is 9.07. The summed E-state index contributed by atoms with van der Waals surface area (Å²) in [4.78, 5) is 21.9. The molecule has 6 heteroatoms. The second-order valence-corrected chi connectivity index (χ2v) is 7.07. The van der Waals surface area contributed by atoms with Crippen molar-refractivity contribution in [3.63, 3.8) is 0 Å². The van der Waals surface area contributed by atoms with Crippen LogP contribution in [0.25, 0.3) is 11.1 Å². The number of rotatable bonds is 6. The molecule has 0 aliphatic heterocycles. The van der Waals surface area contributed by atoms with Gasteiger partial charge >= 0.3 is 12.0 Å². The third-order valence-corrected chi connectivity index (χ3v) is 4.56. The van der Waals surface area contributed by atoms with Gasteiger partial charge in [-0.2, -0.15) is 0 Å². The van der Waals surface area contributed by atoms with Crippen molar-refractivity contribution in [2.24, 2.45) is 0 Å². The lowest BCUT2D eigenvalue weighted by Gasteiger charge is -2.24. The predicted molar refractivity (Wildman–Crippen MR) is 101 cm³/mol. The standard InChI is InChI=1S/C20H26N4O2/c1-14(23-20(25)24(2)3)11-15-7-9-16(10-8-15)17-12-21-19(22-13-17)26-18-5-4-6-18/h7-10,12-14,18H,4-6,11H2,1-3H3,(H,23,25). The van der Waals surface area contributed by atoms with Gasteiger partial charge in [0, 0.05) is 38.1 Å². The zero-order valence-corrected chi connectivity index (χ0v) is 15.6. The third-order valence-electron chi connectivity index (χ3n) is 4.56. The Bertz CT molecular complexity index is 724. The number of carbonyl (C=O) groups is 1. The topological polar surface area (TPSA) is 67.4 Å². The molecule has 1 aromatic carbocycles. The highest BCUT2D eigenvalue weighted by Gasteiger charge is 2.20. The molecule has 1 heterocycles. The first-order valence-electron chi connectivity index (χ1n) is 9.07. The van der Waals surface area contributed by atoms with Crippen molar-refractivity contribution in [2.75, 3.05) is 14.1 Å².